The second-order valence-corrected chi connectivity index (χ2v) is 4.98. The predicted octanol–water partition coefficient (Wildman–Crippen LogP) is 3.17. The van der Waals surface area contributed by atoms with Gasteiger partial charge in [0.05, 0.1) is 0 Å². The van der Waals surface area contributed by atoms with Gasteiger partial charge in [-0.25, -0.2) is 0 Å². The molecule has 19 heavy (non-hydrogen) atoms. The molecule has 1 fully saturated rings. The van der Waals surface area contributed by atoms with Gasteiger partial charge in [0, 0.05) is 31.7 Å². The molecule has 106 valence electrons. The van der Waals surface area contributed by atoms with Crippen molar-refractivity contribution in [1.82, 2.24) is 10.2 Å². The minimum Gasteiger partial charge on any atom is -0.356 e. The van der Waals surface area contributed by atoms with Crippen LogP contribution in [-0.4, -0.2) is 37.5 Å². The van der Waals surface area contributed by atoms with E-state index in [2.05, 4.69) is 21.3 Å². The molecule has 0 aromatic heterocycles. The highest BCUT2D eigenvalue weighted by Gasteiger charge is 2.14. The molecule has 1 aliphatic heterocycles. The Hall–Kier alpha value is -0.490. The Balaban J connectivity index is 0.00000180. The first kappa shape index (κ1) is 16.6. The molecule has 0 amide bonds. The molecule has 1 heterocycles. The van der Waals surface area contributed by atoms with Gasteiger partial charge in [-0.05, 0) is 37.0 Å². The molecule has 1 aromatic carbocycles. The maximum atomic E-state index is 5.96. The molecule has 0 atom stereocenters. The Kier molecular flexibility index (Phi) is 7.53. The van der Waals surface area contributed by atoms with Crippen LogP contribution in [0.25, 0.3) is 0 Å². The number of aliphatic imine (C=N–C) groups is 1. The third-order valence-electron chi connectivity index (χ3n) is 3.20. The van der Waals surface area contributed by atoms with Crippen molar-refractivity contribution in [1.29, 1.82) is 0 Å². The number of hydrogen-bond acceptors (Lipinski definition) is 1. The number of nitrogens with one attached hydrogen (secondary N) is 1. The summed E-state index contributed by atoms with van der Waals surface area (Å²) in [4.78, 5) is 6.64. The van der Waals surface area contributed by atoms with Crippen LogP contribution in [0.15, 0.2) is 29.3 Å². The lowest BCUT2D eigenvalue weighted by Crippen LogP contribution is -2.40. The van der Waals surface area contributed by atoms with E-state index in [0.717, 1.165) is 37.0 Å². The lowest BCUT2D eigenvalue weighted by Gasteiger charge is -2.20. The Morgan fingerprint density at radius 3 is 2.74 bits per heavy atom. The molecule has 1 aliphatic rings. The van der Waals surface area contributed by atoms with Crippen molar-refractivity contribution in [3.05, 3.63) is 34.9 Å². The fourth-order valence-corrected chi connectivity index (χ4v) is 2.49. The average Bonchev–Trinajstić information content (AvgIpc) is 2.88. The Morgan fingerprint density at radius 2 is 2.11 bits per heavy atom. The van der Waals surface area contributed by atoms with E-state index in [9.17, 15) is 0 Å². The predicted molar refractivity (Wildman–Crippen MR) is 92.7 cm³/mol. The van der Waals surface area contributed by atoms with Gasteiger partial charge in [0.2, 0.25) is 0 Å². The zero-order valence-corrected chi connectivity index (χ0v) is 14.3. The van der Waals surface area contributed by atoms with Gasteiger partial charge in [-0.1, -0.05) is 23.7 Å². The highest BCUT2D eigenvalue weighted by Crippen LogP contribution is 2.11. The van der Waals surface area contributed by atoms with Crippen LogP contribution in [0.3, 0.4) is 0 Å². The van der Waals surface area contributed by atoms with Crippen molar-refractivity contribution in [3.63, 3.8) is 0 Å². The number of guanidine groups is 1. The summed E-state index contributed by atoms with van der Waals surface area (Å²) in [5.41, 5.74) is 1.26. The first-order valence-electron chi connectivity index (χ1n) is 6.49. The quantitative estimate of drug-likeness (QED) is 0.485. The number of likely N-dealkylation sites (tertiary alicyclic amines) is 1. The Labute approximate surface area is 137 Å². The minimum absolute atomic E-state index is 0. The van der Waals surface area contributed by atoms with Crippen LogP contribution in [-0.2, 0) is 6.42 Å². The van der Waals surface area contributed by atoms with Crippen LogP contribution >= 0.6 is 35.6 Å². The zero-order valence-electron chi connectivity index (χ0n) is 11.2. The maximum absolute atomic E-state index is 5.96. The SMILES string of the molecule is CN=C(NCCc1cccc(Cl)c1)N1CCCC1.I. The maximum Gasteiger partial charge on any atom is 0.193 e. The second-order valence-electron chi connectivity index (χ2n) is 4.55. The largest absolute Gasteiger partial charge is 0.356 e. The van der Waals surface area contributed by atoms with E-state index in [1.165, 1.54) is 18.4 Å². The number of benzene rings is 1. The fourth-order valence-electron chi connectivity index (χ4n) is 2.27. The van der Waals surface area contributed by atoms with E-state index in [-0.39, 0.29) is 24.0 Å². The zero-order chi connectivity index (χ0) is 12.8. The van der Waals surface area contributed by atoms with Crippen LogP contribution < -0.4 is 5.32 Å². The molecule has 5 heteroatoms. The lowest BCUT2D eigenvalue weighted by molar-refractivity contribution is 0.494. The summed E-state index contributed by atoms with van der Waals surface area (Å²) in [7, 11) is 1.85. The molecule has 1 saturated heterocycles. The topological polar surface area (TPSA) is 27.6 Å². The normalized spacial score (nSPS) is 15.3. The Bertz CT molecular complexity index is 417. The Morgan fingerprint density at radius 1 is 1.37 bits per heavy atom. The number of halogens is 2. The van der Waals surface area contributed by atoms with E-state index < -0.39 is 0 Å². The molecule has 0 aliphatic carbocycles. The number of nitrogens with zero attached hydrogens (tertiary/aromatic N) is 2. The van der Waals surface area contributed by atoms with Crippen molar-refractivity contribution in [2.24, 2.45) is 4.99 Å². The van der Waals surface area contributed by atoms with Crippen LogP contribution in [0.1, 0.15) is 18.4 Å². The monoisotopic (exact) mass is 393 g/mol. The fraction of sp³-hybridized carbons (Fsp3) is 0.500. The van der Waals surface area contributed by atoms with Gasteiger partial charge in [-0.15, -0.1) is 24.0 Å². The molecule has 1 aromatic rings. The van der Waals surface area contributed by atoms with Crippen LogP contribution in [0.2, 0.25) is 5.02 Å². The van der Waals surface area contributed by atoms with Crippen molar-refractivity contribution in [3.8, 4) is 0 Å². The third-order valence-corrected chi connectivity index (χ3v) is 3.44. The van der Waals surface area contributed by atoms with Crippen LogP contribution in [0.5, 0.6) is 0 Å². The minimum atomic E-state index is 0. The van der Waals surface area contributed by atoms with E-state index in [1.54, 1.807) is 0 Å². The van der Waals surface area contributed by atoms with Crippen molar-refractivity contribution >= 4 is 41.5 Å². The summed E-state index contributed by atoms with van der Waals surface area (Å²) < 4.78 is 0. The first-order valence-corrected chi connectivity index (χ1v) is 6.87. The molecule has 0 spiro atoms. The molecular weight excluding hydrogens is 373 g/mol. The molecule has 0 radical (unpaired) electrons. The van der Waals surface area contributed by atoms with E-state index >= 15 is 0 Å². The number of hydrogen-bond donors (Lipinski definition) is 1. The summed E-state index contributed by atoms with van der Waals surface area (Å²) in [5, 5.41) is 4.21. The van der Waals surface area contributed by atoms with Crippen molar-refractivity contribution < 1.29 is 0 Å². The summed E-state index contributed by atoms with van der Waals surface area (Å²) >= 11 is 5.96. The van der Waals surface area contributed by atoms with Gasteiger partial charge in [0.15, 0.2) is 5.96 Å². The summed E-state index contributed by atoms with van der Waals surface area (Å²) in [6.07, 6.45) is 3.51. The highest BCUT2D eigenvalue weighted by molar-refractivity contribution is 14.0. The van der Waals surface area contributed by atoms with Crippen molar-refractivity contribution in [2.45, 2.75) is 19.3 Å². The molecule has 2 rings (SSSR count). The van der Waals surface area contributed by atoms with E-state index in [0.29, 0.717) is 0 Å². The summed E-state index contributed by atoms with van der Waals surface area (Å²) in [6, 6.07) is 8.02. The smallest absolute Gasteiger partial charge is 0.193 e. The lowest BCUT2D eigenvalue weighted by atomic mass is 10.1. The van der Waals surface area contributed by atoms with Crippen LogP contribution in [0.4, 0.5) is 0 Å². The van der Waals surface area contributed by atoms with Gasteiger partial charge in [0.25, 0.3) is 0 Å². The standard InChI is InChI=1S/C14H20ClN3.HI/c1-16-14(18-9-2-3-10-18)17-8-7-12-5-4-6-13(15)11-12;/h4-6,11H,2-3,7-10H2,1H3,(H,16,17);1H. The molecule has 1 N–H and O–H groups in total. The molecule has 0 saturated carbocycles. The van der Waals surface area contributed by atoms with Gasteiger partial charge in [-0.3, -0.25) is 4.99 Å². The summed E-state index contributed by atoms with van der Waals surface area (Å²) in [5.74, 6) is 1.02. The first-order chi connectivity index (χ1) is 8.79. The van der Waals surface area contributed by atoms with Gasteiger partial charge >= 0.3 is 0 Å². The summed E-state index contributed by atoms with van der Waals surface area (Å²) in [6.45, 7) is 3.14. The van der Waals surface area contributed by atoms with Gasteiger partial charge in [0.1, 0.15) is 0 Å². The van der Waals surface area contributed by atoms with Crippen LogP contribution in [0, 0.1) is 0 Å². The molecule has 0 unspecified atom stereocenters. The van der Waals surface area contributed by atoms with Gasteiger partial charge in [-0.2, -0.15) is 0 Å². The molecular formula is C14H21ClIN3. The van der Waals surface area contributed by atoms with E-state index in [4.69, 9.17) is 11.6 Å². The number of rotatable bonds is 3. The third kappa shape index (κ3) is 5.18. The van der Waals surface area contributed by atoms with E-state index in [1.807, 2.05) is 25.2 Å². The highest BCUT2D eigenvalue weighted by atomic mass is 127. The average molecular weight is 394 g/mol. The van der Waals surface area contributed by atoms with Crippen molar-refractivity contribution in [2.75, 3.05) is 26.7 Å². The second kappa shape index (κ2) is 8.64. The molecule has 3 nitrogen and oxygen atoms in total. The van der Waals surface area contributed by atoms with Gasteiger partial charge < -0.3 is 10.2 Å². The molecule has 0 bridgehead atoms.